The molecule has 2 rings (SSSR count). The number of nitrogens with zero attached hydrogens (tertiary/aromatic N) is 1. The molecule has 0 aliphatic rings. The van der Waals surface area contributed by atoms with E-state index in [0.29, 0.717) is 12.4 Å². The Morgan fingerprint density at radius 1 is 1.25 bits per heavy atom. The monoisotopic (exact) mass is 396 g/mol. The first-order valence-electron chi connectivity index (χ1n) is 7.68. The zero-order chi connectivity index (χ0) is 18.1. The number of benzene rings is 1. The second-order valence-electron chi connectivity index (χ2n) is 6.71. The largest absolute Gasteiger partial charge is 0.444 e. The van der Waals surface area contributed by atoms with Gasteiger partial charge < -0.3 is 9.30 Å². The molecule has 1 aromatic heterocycles. The Hall–Kier alpha value is -1.82. The summed E-state index contributed by atoms with van der Waals surface area (Å²) in [6.07, 6.45) is -0.504. The summed E-state index contributed by atoms with van der Waals surface area (Å²) in [7, 11) is 0. The minimum Gasteiger partial charge on any atom is -0.444 e. The van der Waals surface area contributed by atoms with Gasteiger partial charge in [0.2, 0.25) is 0 Å². The molecule has 0 unspecified atom stereocenters. The van der Waals surface area contributed by atoms with E-state index in [1.165, 1.54) is 12.1 Å². The number of amides is 1. The number of hydrogen-bond acceptors (Lipinski definition) is 2. The molecule has 6 heteroatoms. The first-order valence-corrected chi connectivity index (χ1v) is 8.47. The molecular formula is C18H22BrFN2O2. The number of aromatic nitrogens is 1. The number of halogens is 2. The smallest absolute Gasteiger partial charge is 0.413 e. The average molecular weight is 397 g/mol. The number of nitrogens with one attached hydrogen (secondary N) is 1. The molecule has 0 aliphatic heterocycles. The quantitative estimate of drug-likeness (QED) is 0.754. The number of rotatable bonds is 3. The van der Waals surface area contributed by atoms with Gasteiger partial charge in [-0.05, 0) is 68.2 Å². The van der Waals surface area contributed by atoms with E-state index >= 15 is 0 Å². The summed E-state index contributed by atoms with van der Waals surface area (Å²) < 4.78 is 21.3. The molecule has 1 heterocycles. The van der Waals surface area contributed by atoms with Gasteiger partial charge >= 0.3 is 6.09 Å². The number of carbonyl (C=O) groups is 1. The lowest BCUT2D eigenvalue weighted by molar-refractivity contribution is 0.0634. The molecule has 1 N–H and O–H groups in total. The van der Waals surface area contributed by atoms with Crippen LogP contribution < -0.4 is 5.32 Å². The molecule has 130 valence electrons. The van der Waals surface area contributed by atoms with Crippen molar-refractivity contribution in [3.05, 3.63) is 51.4 Å². The Morgan fingerprint density at radius 3 is 2.38 bits per heavy atom. The highest BCUT2D eigenvalue weighted by Gasteiger charge is 2.21. The van der Waals surface area contributed by atoms with Crippen LogP contribution in [0.1, 0.15) is 37.6 Å². The topological polar surface area (TPSA) is 43.3 Å². The number of ether oxygens (including phenoxy) is 1. The van der Waals surface area contributed by atoms with Crippen LogP contribution in [0, 0.1) is 19.7 Å². The van der Waals surface area contributed by atoms with Gasteiger partial charge in [-0.25, -0.2) is 9.18 Å². The molecule has 2 aromatic rings. The van der Waals surface area contributed by atoms with Crippen molar-refractivity contribution in [2.24, 2.45) is 0 Å². The predicted octanol–water partition coefficient (Wildman–Crippen LogP) is 5.40. The fourth-order valence-electron chi connectivity index (χ4n) is 2.40. The minimum absolute atomic E-state index is 0.271. The number of hydrogen-bond donors (Lipinski definition) is 1. The van der Waals surface area contributed by atoms with Crippen LogP contribution in [-0.4, -0.2) is 16.3 Å². The Labute approximate surface area is 150 Å². The summed E-state index contributed by atoms with van der Waals surface area (Å²) in [5.41, 5.74) is 2.26. The summed E-state index contributed by atoms with van der Waals surface area (Å²) in [6.45, 7) is 9.85. The zero-order valence-corrected chi connectivity index (χ0v) is 16.1. The van der Waals surface area contributed by atoms with Gasteiger partial charge in [-0.3, -0.25) is 5.32 Å². The first-order chi connectivity index (χ1) is 11.1. The third-order valence-electron chi connectivity index (χ3n) is 3.55. The summed E-state index contributed by atoms with van der Waals surface area (Å²) >= 11 is 3.55. The SMILES string of the molecule is Cc1c(Br)c(C)n(Cc2ccc(F)cc2)c1NC(=O)OC(C)(C)C. The van der Waals surface area contributed by atoms with Crippen LogP contribution in [0.4, 0.5) is 15.0 Å². The lowest BCUT2D eigenvalue weighted by atomic mass is 10.2. The molecule has 0 aliphatic carbocycles. The van der Waals surface area contributed by atoms with E-state index in [-0.39, 0.29) is 5.82 Å². The standard InChI is InChI=1S/C18H22BrFN2O2/c1-11-15(19)12(2)22(10-13-6-8-14(20)9-7-13)16(11)21-17(23)24-18(3,4)5/h6-9H,10H2,1-5H3,(H,21,23). The van der Waals surface area contributed by atoms with Gasteiger partial charge in [-0.1, -0.05) is 12.1 Å². The van der Waals surface area contributed by atoms with Crippen molar-refractivity contribution in [3.63, 3.8) is 0 Å². The molecular weight excluding hydrogens is 375 g/mol. The van der Waals surface area contributed by atoms with Crippen molar-refractivity contribution in [2.75, 3.05) is 5.32 Å². The van der Waals surface area contributed by atoms with E-state index in [1.54, 1.807) is 12.1 Å². The van der Waals surface area contributed by atoms with Crippen LogP contribution >= 0.6 is 15.9 Å². The maximum Gasteiger partial charge on any atom is 0.413 e. The molecule has 24 heavy (non-hydrogen) atoms. The number of carbonyl (C=O) groups excluding carboxylic acids is 1. The van der Waals surface area contributed by atoms with Crippen LogP contribution in [0.25, 0.3) is 0 Å². The molecule has 0 fully saturated rings. The van der Waals surface area contributed by atoms with E-state index in [4.69, 9.17) is 4.74 Å². The Balaban J connectivity index is 2.32. The zero-order valence-electron chi connectivity index (χ0n) is 14.5. The number of anilines is 1. The lowest BCUT2D eigenvalue weighted by Gasteiger charge is -2.21. The summed E-state index contributed by atoms with van der Waals surface area (Å²) in [6, 6.07) is 6.32. The third-order valence-corrected chi connectivity index (χ3v) is 4.72. The van der Waals surface area contributed by atoms with Crippen LogP contribution in [0.2, 0.25) is 0 Å². The van der Waals surface area contributed by atoms with Crippen LogP contribution in [0.15, 0.2) is 28.7 Å². The fraction of sp³-hybridized carbons (Fsp3) is 0.389. The van der Waals surface area contributed by atoms with Crippen molar-refractivity contribution in [1.29, 1.82) is 0 Å². The van der Waals surface area contributed by atoms with Gasteiger partial charge in [0.05, 0.1) is 0 Å². The van der Waals surface area contributed by atoms with Crippen LogP contribution in [0.5, 0.6) is 0 Å². The Bertz CT molecular complexity index is 746. The summed E-state index contributed by atoms with van der Waals surface area (Å²) in [5, 5.41) is 2.83. The van der Waals surface area contributed by atoms with Crippen molar-refractivity contribution in [1.82, 2.24) is 4.57 Å². The molecule has 0 saturated heterocycles. The Morgan fingerprint density at radius 2 is 1.83 bits per heavy atom. The summed E-state index contributed by atoms with van der Waals surface area (Å²) in [4.78, 5) is 12.1. The lowest BCUT2D eigenvalue weighted by Crippen LogP contribution is -2.28. The van der Waals surface area contributed by atoms with Crippen molar-refractivity contribution in [3.8, 4) is 0 Å². The van der Waals surface area contributed by atoms with Gasteiger partial charge in [0.25, 0.3) is 0 Å². The van der Waals surface area contributed by atoms with Crippen molar-refractivity contribution >= 4 is 27.8 Å². The van der Waals surface area contributed by atoms with Gasteiger partial charge in [0.1, 0.15) is 17.2 Å². The van der Waals surface area contributed by atoms with E-state index in [1.807, 2.05) is 39.2 Å². The van der Waals surface area contributed by atoms with Gasteiger partial charge in [0.15, 0.2) is 0 Å². The van der Waals surface area contributed by atoms with Gasteiger partial charge in [0, 0.05) is 22.3 Å². The van der Waals surface area contributed by atoms with Gasteiger partial charge in [-0.2, -0.15) is 0 Å². The maximum absolute atomic E-state index is 13.1. The molecule has 0 bridgehead atoms. The third kappa shape index (κ3) is 4.38. The van der Waals surface area contributed by atoms with E-state index < -0.39 is 11.7 Å². The highest BCUT2D eigenvalue weighted by atomic mass is 79.9. The van der Waals surface area contributed by atoms with E-state index in [2.05, 4.69) is 21.2 Å². The Kier molecular flexibility index (Phi) is 5.38. The van der Waals surface area contributed by atoms with Crippen molar-refractivity contribution < 1.29 is 13.9 Å². The molecule has 4 nitrogen and oxygen atoms in total. The molecule has 0 radical (unpaired) electrons. The molecule has 1 amide bonds. The average Bonchev–Trinajstić information content (AvgIpc) is 2.65. The first kappa shape index (κ1) is 18.5. The molecule has 0 saturated carbocycles. The highest BCUT2D eigenvalue weighted by Crippen LogP contribution is 2.32. The van der Waals surface area contributed by atoms with Crippen LogP contribution in [0.3, 0.4) is 0 Å². The maximum atomic E-state index is 13.1. The van der Waals surface area contributed by atoms with E-state index in [0.717, 1.165) is 21.3 Å². The van der Waals surface area contributed by atoms with Crippen molar-refractivity contribution in [2.45, 2.75) is 46.8 Å². The van der Waals surface area contributed by atoms with E-state index in [9.17, 15) is 9.18 Å². The second kappa shape index (κ2) is 6.97. The normalized spacial score (nSPS) is 11.5. The molecule has 1 aromatic carbocycles. The fourth-order valence-corrected chi connectivity index (χ4v) is 2.80. The predicted molar refractivity (Wildman–Crippen MR) is 97.0 cm³/mol. The molecule has 0 spiro atoms. The second-order valence-corrected chi connectivity index (χ2v) is 7.51. The van der Waals surface area contributed by atoms with Gasteiger partial charge in [-0.15, -0.1) is 0 Å². The highest BCUT2D eigenvalue weighted by molar-refractivity contribution is 9.10. The van der Waals surface area contributed by atoms with Crippen LogP contribution in [-0.2, 0) is 11.3 Å². The minimum atomic E-state index is -0.571. The summed E-state index contributed by atoms with van der Waals surface area (Å²) in [5.74, 6) is 0.394. The molecule has 0 atom stereocenters.